The molecule has 0 unspecified atom stereocenters. The summed E-state index contributed by atoms with van der Waals surface area (Å²) in [7, 11) is 0. The van der Waals surface area contributed by atoms with Gasteiger partial charge < -0.3 is 11.5 Å². The smallest absolute Gasteiger partial charge is 0.269 e. The van der Waals surface area contributed by atoms with Gasteiger partial charge in [-0.2, -0.15) is 5.10 Å². The number of aromatic nitrogens is 2. The summed E-state index contributed by atoms with van der Waals surface area (Å²) in [5, 5.41) is 4.37. The van der Waals surface area contributed by atoms with Crippen LogP contribution in [0.4, 0.5) is 5.69 Å². The van der Waals surface area contributed by atoms with E-state index in [-0.39, 0.29) is 0 Å². The molecule has 0 aliphatic rings. The molecule has 0 atom stereocenters. The maximum atomic E-state index is 11.4. The summed E-state index contributed by atoms with van der Waals surface area (Å²) in [6.45, 7) is 4.89. The number of aryl methyl sites for hydroxylation is 2. The number of hydrogen-bond donors (Lipinski definition) is 2. The predicted molar refractivity (Wildman–Crippen MR) is 77.9 cm³/mol. The van der Waals surface area contributed by atoms with E-state index in [1.807, 2.05) is 6.92 Å². The minimum absolute atomic E-state index is 0.366. The first kappa shape index (κ1) is 15.5. The first-order valence-electron chi connectivity index (χ1n) is 7.26. The third-order valence-electron chi connectivity index (χ3n) is 3.36. The molecule has 108 valence electrons. The number of hydrogen-bond acceptors (Lipinski definition) is 3. The molecule has 0 bridgehead atoms. The van der Waals surface area contributed by atoms with Crippen LogP contribution in [0.2, 0.25) is 0 Å². The summed E-state index contributed by atoms with van der Waals surface area (Å²) < 4.78 is 1.68. The van der Waals surface area contributed by atoms with Crippen LogP contribution in [0.5, 0.6) is 0 Å². The summed E-state index contributed by atoms with van der Waals surface area (Å²) in [6, 6.07) is 0. The molecule has 5 nitrogen and oxygen atoms in total. The Labute approximate surface area is 115 Å². The summed E-state index contributed by atoms with van der Waals surface area (Å²) in [4.78, 5) is 11.4. The van der Waals surface area contributed by atoms with Crippen molar-refractivity contribution in [2.45, 2.75) is 65.3 Å². The zero-order chi connectivity index (χ0) is 14.3. The number of nitrogen functional groups attached to an aromatic ring is 1. The third-order valence-corrected chi connectivity index (χ3v) is 3.36. The lowest BCUT2D eigenvalue weighted by Gasteiger charge is -2.05. The van der Waals surface area contributed by atoms with Crippen LogP contribution in [0.15, 0.2) is 0 Å². The standard InChI is InChI=1S/C14H26N4O/c1-3-5-6-7-8-9-10-18-13(14(16)19)12(15)11(4-2)17-18/h3-10,15H2,1-2H3,(H2,16,19). The minimum Gasteiger partial charge on any atom is -0.395 e. The summed E-state index contributed by atoms with van der Waals surface area (Å²) in [5.74, 6) is -0.490. The number of nitrogens with zero attached hydrogens (tertiary/aromatic N) is 2. The molecule has 1 amide bonds. The van der Waals surface area contributed by atoms with Crippen LogP contribution in [0.25, 0.3) is 0 Å². The molecule has 5 heteroatoms. The Balaban J connectivity index is 2.55. The zero-order valence-electron chi connectivity index (χ0n) is 12.1. The fraction of sp³-hybridized carbons (Fsp3) is 0.714. The molecule has 0 fully saturated rings. The van der Waals surface area contributed by atoms with Crippen LogP contribution in [0, 0.1) is 0 Å². The lowest BCUT2D eigenvalue weighted by atomic mass is 10.1. The van der Waals surface area contributed by atoms with Gasteiger partial charge >= 0.3 is 0 Å². The van der Waals surface area contributed by atoms with Gasteiger partial charge in [0.2, 0.25) is 0 Å². The van der Waals surface area contributed by atoms with E-state index in [9.17, 15) is 4.79 Å². The Hall–Kier alpha value is -1.52. The highest BCUT2D eigenvalue weighted by molar-refractivity contribution is 5.96. The van der Waals surface area contributed by atoms with Crippen LogP contribution < -0.4 is 11.5 Å². The van der Waals surface area contributed by atoms with Gasteiger partial charge in [-0.05, 0) is 12.8 Å². The Morgan fingerprint density at radius 3 is 2.37 bits per heavy atom. The summed E-state index contributed by atoms with van der Waals surface area (Å²) >= 11 is 0. The topological polar surface area (TPSA) is 86.9 Å². The van der Waals surface area contributed by atoms with E-state index in [0.29, 0.717) is 17.9 Å². The normalized spacial score (nSPS) is 10.8. The van der Waals surface area contributed by atoms with Gasteiger partial charge in [-0.1, -0.05) is 46.0 Å². The van der Waals surface area contributed by atoms with E-state index in [4.69, 9.17) is 11.5 Å². The first-order chi connectivity index (χ1) is 9.11. The van der Waals surface area contributed by atoms with E-state index in [1.165, 1.54) is 25.7 Å². The molecule has 1 rings (SSSR count). The number of unbranched alkanes of at least 4 members (excludes halogenated alkanes) is 5. The average Bonchev–Trinajstić information content (AvgIpc) is 2.70. The van der Waals surface area contributed by atoms with Crippen LogP contribution in [0.1, 0.15) is 68.6 Å². The molecule has 19 heavy (non-hydrogen) atoms. The molecule has 0 saturated heterocycles. The molecule has 4 N–H and O–H groups in total. The molecular formula is C14H26N4O. The van der Waals surface area contributed by atoms with Crippen molar-refractivity contribution in [2.75, 3.05) is 5.73 Å². The second-order valence-electron chi connectivity index (χ2n) is 4.92. The van der Waals surface area contributed by atoms with E-state index in [2.05, 4.69) is 12.0 Å². The third kappa shape index (κ3) is 4.26. The Morgan fingerprint density at radius 2 is 1.79 bits per heavy atom. The minimum atomic E-state index is -0.490. The number of primary amides is 1. The van der Waals surface area contributed by atoms with Crippen LogP contribution in [-0.4, -0.2) is 15.7 Å². The van der Waals surface area contributed by atoms with Gasteiger partial charge in [0.1, 0.15) is 5.69 Å². The van der Waals surface area contributed by atoms with Crippen molar-refractivity contribution in [2.24, 2.45) is 5.73 Å². The second-order valence-corrected chi connectivity index (χ2v) is 4.92. The molecule has 1 heterocycles. The predicted octanol–water partition coefficient (Wildman–Crippen LogP) is 2.49. The number of amides is 1. The second kappa shape index (κ2) is 7.81. The largest absolute Gasteiger partial charge is 0.395 e. The van der Waals surface area contributed by atoms with Crippen molar-refractivity contribution < 1.29 is 4.79 Å². The quantitative estimate of drug-likeness (QED) is 0.673. The van der Waals surface area contributed by atoms with Crippen molar-refractivity contribution >= 4 is 11.6 Å². The Kier molecular flexibility index (Phi) is 6.39. The van der Waals surface area contributed by atoms with Crippen molar-refractivity contribution in [3.05, 3.63) is 11.4 Å². The van der Waals surface area contributed by atoms with Crippen molar-refractivity contribution in [1.82, 2.24) is 9.78 Å². The van der Waals surface area contributed by atoms with Gasteiger partial charge in [0.25, 0.3) is 5.91 Å². The van der Waals surface area contributed by atoms with Crippen LogP contribution >= 0.6 is 0 Å². The van der Waals surface area contributed by atoms with E-state index < -0.39 is 5.91 Å². The Morgan fingerprint density at radius 1 is 1.16 bits per heavy atom. The van der Waals surface area contributed by atoms with Gasteiger partial charge in [0.05, 0.1) is 11.4 Å². The molecule has 0 saturated carbocycles. The summed E-state index contributed by atoms with van der Waals surface area (Å²) in [5.41, 5.74) is 12.9. The highest BCUT2D eigenvalue weighted by Gasteiger charge is 2.18. The maximum absolute atomic E-state index is 11.4. The van der Waals surface area contributed by atoms with Crippen LogP contribution in [0.3, 0.4) is 0 Å². The monoisotopic (exact) mass is 266 g/mol. The van der Waals surface area contributed by atoms with Gasteiger partial charge in [0.15, 0.2) is 0 Å². The molecule has 0 radical (unpaired) electrons. The fourth-order valence-electron chi connectivity index (χ4n) is 2.25. The number of carbonyl (C=O) groups is 1. The van der Waals surface area contributed by atoms with E-state index in [1.54, 1.807) is 4.68 Å². The first-order valence-corrected chi connectivity index (χ1v) is 7.26. The highest BCUT2D eigenvalue weighted by Crippen LogP contribution is 2.18. The van der Waals surface area contributed by atoms with Crippen LogP contribution in [-0.2, 0) is 13.0 Å². The molecule has 0 aromatic carbocycles. The molecule has 1 aromatic heterocycles. The number of nitrogens with two attached hydrogens (primary N) is 2. The van der Waals surface area contributed by atoms with Gasteiger partial charge in [0, 0.05) is 6.54 Å². The van der Waals surface area contributed by atoms with Gasteiger partial charge in [-0.15, -0.1) is 0 Å². The number of carbonyl (C=O) groups excluding carboxylic acids is 1. The van der Waals surface area contributed by atoms with Crippen molar-refractivity contribution in [3.63, 3.8) is 0 Å². The molecule has 0 aliphatic carbocycles. The van der Waals surface area contributed by atoms with E-state index >= 15 is 0 Å². The number of rotatable bonds is 9. The van der Waals surface area contributed by atoms with E-state index in [0.717, 1.165) is 25.0 Å². The fourth-order valence-corrected chi connectivity index (χ4v) is 2.25. The summed E-state index contributed by atoms with van der Waals surface area (Å²) in [6.07, 6.45) is 7.93. The Bertz CT molecular complexity index is 412. The van der Waals surface area contributed by atoms with Gasteiger partial charge in [-0.3, -0.25) is 9.48 Å². The van der Waals surface area contributed by atoms with Crippen molar-refractivity contribution in [1.29, 1.82) is 0 Å². The molecule has 0 spiro atoms. The molecular weight excluding hydrogens is 240 g/mol. The average molecular weight is 266 g/mol. The molecule has 1 aromatic rings. The lowest BCUT2D eigenvalue weighted by Crippen LogP contribution is -2.19. The number of anilines is 1. The zero-order valence-corrected chi connectivity index (χ0v) is 12.1. The SMILES string of the molecule is CCCCCCCCn1nc(CC)c(N)c1C(N)=O. The van der Waals surface area contributed by atoms with Gasteiger partial charge in [-0.25, -0.2) is 0 Å². The lowest BCUT2D eigenvalue weighted by molar-refractivity contribution is 0.0990. The highest BCUT2D eigenvalue weighted by atomic mass is 16.1. The maximum Gasteiger partial charge on any atom is 0.269 e. The molecule has 0 aliphatic heterocycles. The van der Waals surface area contributed by atoms with Crippen molar-refractivity contribution in [3.8, 4) is 0 Å².